The monoisotopic (exact) mass is 174 g/mol. The van der Waals surface area contributed by atoms with Crippen molar-refractivity contribution >= 4 is 0 Å². The highest BCUT2D eigenvalue weighted by molar-refractivity contribution is 5.45. The molecule has 0 heterocycles. The smallest absolute Gasteiger partial charge is 0.0230 e. The summed E-state index contributed by atoms with van der Waals surface area (Å²) >= 11 is 0. The molecule has 0 bridgehead atoms. The van der Waals surface area contributed by atoms with Gasteiger partial charge >= 0.3 is 0 Å². The van der Waals surface area contributed by atoms with Crippen LogP contribution in [0.15, 0.2) is 60.3 Å². The summed E-state index contributed by atoms with van der Waals surface area (Å²) in [6.45, 7) is 9.82. The third-order valence-electron chi connectivity index (χ3n) is 1.75. The van der Waals surface area contributed by atoms with Crippen LogP contribution in [0, 0.1) is 0 Å². The van der Waals surface area contributed by atoms with Gasteiger partial charge in [-0.3, -0.25) is 0 Å². The van der Waals surface area contributed by atoms with Gasteiger partial charge in [0.1, 0.15) is 0 Å². The fourth-order valence-electron chi connectivity index (χ4n) is 1.03. The molecule has 0 aromatic carbocycles. The molecule has 0 aliphatic heterocycles. The predicted octanol–water partition coefficient (Wildman–Crippen LogP) is 4.20. The van der Waals surface area contributed by atoms with Gasteiger partial charge < -0.3 is 0 Å². The molecule has 0 aliphatic rings. The van der Waals surface area contributed by atoms with Gasteiger partial charge in [0.05, 0.1) is 0 Å². The van der Waals surface area contributed by atoms with Crippen molar-refractivity contribution in [3.05, 3.63) is 60.3 Å². The number of hydrogen-bond acceptors (Lipinski definition) is 0. The minimum Gasteiger partial charge on any atom is -0.0985 e. The van der Waals surface area contributed by atoms with Crippen molar-refractivity contribution in [2.24, 2.45) is 0 Å². The van der Waals surface area contributed by atoms with Crippen LogP contribution in [0.25, 0.3) is 0 Å². The van der Waals surface area contributed by atoms with Crippen molar-refractivity contribution in [2.75, 3.05) is 0 Å². The summed E-state index contributed by atoms with van der Waals surface area (Å²) in [5, 5.41) is 0. The maximum absolute atomic E-state index is 3.77. The summed E-state index contributed by atoms with van der Waals surface area (Å²) in [5.41, 5.74) is 2.37. The van der Waals surface area contributed by atoms with Crippen molar-refractivity contribution in [1.29, 1.82) is 0 Å². The summed E-state index contributed by atoms with van der Waals surface area (Å²) in [6, 6.07) is 0. The lowest BCUT2D eigenvalue weighted by Crippen LogP contribution is -1.80. The van der Waals surface area contributed by atoms with E-state index in [1.54, 1.807) is 0 Å². The van der Waals surface area contributed by atoms with Crippen LogP contribution in [0.2, 0.25) is 0 Å². The standard InChI is InChI=1S/C13H18/c1-5-9-10-11-13(8-4)12(6-2)7-3/h5-11H,2H2,1,3-4H3/b9-5-,11-10-,12-7+,13-8+. The second-order valence-corrected chi connectivity index (χ2v) is 2.58. The van der Waals surface area contributed by atoms with Crippen LogP contribution in [0.3, 0.4) is 0 Å². The summed E-state index contributed by atoms with van der Waals surface area (Å²) in [6.07, 6.45) is 14.1. The topological polar surface area (TPSA) is 0 Å². The summed E-state index contributed by atoms with van der Waals surface area (Å²) in [4.78, 5) is 0. The van der Waals surface area contributed by atoms with Gasteiger partial charge in [0, 0.05) is 0 Å². The maximum atomic E-state index is 3.77. The normalized spacial score (nSPS) is 14.4. The molecule has 0 fully saturated rings. The Morgan fingerprint density at radius 3 is 1.92 bits per heavy atom. The van der Waals surface area contributed by atoms with E-state index in [9.17, 15) is 0 Å². The molecule has 0 nitrogen and oxygen atoms in total. The molecule has 0 rings (SSSR count). The van der Waals surface area contributed by atoms with Gasteiger partial charge in [-0.05, 0) is 31.9 Å². The highest BCUT2D eigenvalue weighted by Gasteiger charge is 1.92. The molecule has 0 saturated carbocycles. The molecule has 0 N–H and O–H groups in total. The van der Waals surface area contributed by atoms with Crippen LogP contribution >= 0.6 is 0 Å². The van der Waals surface area contributed by atoms with E-state index >= 15 is 0 Å². The van der Waals surface area contributed by atoms with Crippen molar-refractivity contribution in [1.82, 2.24) is 0 Å². The Labute approximate surface area is 81.7 Å². The Bertz CT molecular complexity index is 260. The van der Waals surface area contributed by atoms with Crippen LogP contribution in [0.4, 0.5) is 0 Å². The highest BCUT2D eigenvalue weighted by atomic mass is 14.0. The maximum Gasteiger partial charge on any atom is -0.0230 e. The molecule has 0 heteroatoms. The lowest BCUT2D eigenvalue weighted by Gasteiger charge is -2.00. The molecule has 0 atom stereocenters. The second kappa shape index (κ2) is 7.35. The zero-order chi connectivity index (χ0) is 10.1. The van der Waals surface area contributed by atoms with E-state index in [1.165, 1.54) is 11.1 Å². The lowest BCUT2D eigenvalue weighted by atomic mass is 10.1. The molecule has 0 spiro atoms. The Hall–Kier alpha value is -1.30. The van der Waals surface area contributed by atoms with Crippen molar-refractivity contribution in [3.63, 3.8) is 0 Å². The minimum atomic E-state index is 1.17. The number of rotatable bonds is 4. The van der Waals surface area contributed by atoms with E-state index in [2.05, 4.69) is 24.8 Å². The molecule has 0 aromatic rings. The van der Waals surface area contributed by atoms with Crippen LogP contribution < -0.4 is 0 Å². The Kier molecular flexibility index (Phi) is 6.62. The van der Waals surface area contributed by atoms with Gasteiger partial charge in [-0.15, -0.1) is 0 Å². The average Bonchev–Trinajstić information content (AvgIpc) is 2.17. The third kappa shape index (κ3) is 4.32. The SMILES string of the molecule is C=CC(=C\C)/C(/C=C\C=C/C)=C/C. The van der Waals surface area contributed by atoms with E-state index in [0.717, 1.165) is 0 Å². The number of hydrogen-bond donors (Lipinski definition) is 0. The first-order valence-corrected chi connectivity index (χ1v) is 4.54. The first-order chi connectivity index (χ1) is 6.29. The molecule has 13 heavy (non-hydrogen) atoms. The van der Waals surface area contributed by atoms with Crippen LogP contribution in [-0.4, -0.2) is 0 Å². The van der Waals surface area contributed by atoms with E-state index in [4.69, 9.17) is 0 Å². The molecular formula is C13H18. The van der Waals surface area contributed by atoms with Gasteiger partial charge in [0.25, 0.3) is 0 Å². The van der Waals surface area contributed by atoms with Crippen molar-refractivity contribution in [2.45, 2.75) is 20.8 Å². The molecule has 0 aromatic heterocycles. The van der Waals surface area contributed by atoms with Crippen molar-refractivity contribution in [3.8, 4) is 0 Å². The van der Waals surface area contributed by atoms with E-state index in [0.29, 0.717) is 0 Å². The molecule has 0 radical (unpaired) electrons. The van der Waals surface area contributed by atoms with Gasteiger partial charge in [-0.2, -0.15) is 0 Å². The predicted molar refractivity (Wildman–Crippen MR) is 61.7 cm³/mol. The fraction of sp³-hybridized carbons (Fsp3) is 0.231. The van der Waals surface area contributed by atoms with Crippen molar-refractivity contribution < 1.29 is 0 Å². The second-order valence-electron chi connectivity index (χ2n) is 2.58. The minimum absolute atomic E-state index is 1.17. The summed E-state index contributed by atoms with van der Waals surface area (Å²) in [5.74, 6) is 0. The summed E-state index contributed by atoms with van der Waals surface area (Å²) in [7, 11) is 0. The van der Waals surface area contributed by atoms with E-state index in [-0.39, 0.29) is 0 Å². The molecule has 70 valence electrons. The highest BCUT2D eigenvalue weighted by Crippen LogP contribution is 2.12. The zero-order valence-electron chi connectivity index (χ0n) is 8.75. The van der Waals surface area contributed by atoms with Gasteiger partial charge in [0.2, 0.25) is 0 Å². The first kappa shape index (κ1) is 11.7. The first-order valence-electron chi connectivity index (χ1n) is 4.54. The van der Waals surface area contributed by atoms with Crippen LogP contribution in [0.5, 0.6) is 0 Å². The molecular weight excluding hydrogens is 156 g/mol. The third-order valence-corrected chi connectivity index (χ3v) is 1.75. The quantitative estimate of drug-likeness (QED) is 0.560. The molecule has 0 amide bonds. The largest absolute Gasteiger partial charge is 0.0985 e. The van der Waals surface area contributed by atoms with E-state index < -0.39 is 0 Å². The average molecular weight is 174 g/mol. The van der Waals surface area contributed by atoms with Gasteiger partial charge in [0.15, 0.2) is 0 Å². The molecule has 0 unspecified atom stereocenters. The Morgan fingerprint density at radius 2 is 1.54 bits per heavy atom. The molecule has 0 aliphatic carbocycles. The van der Waals surface area contributed by atoms with Crippen LogP contribution in [0.1, 0.15) is 20.8 Å². The van der Waals surface area contributed by atoms with Gasteiger partial charge in [-0.25, -0.2) is 0 Å². The molecule has 0 saturated heterocycles. The Morgan fingerprint density at radius 1 is 0.923 bits per heavy atom. The zero-order valence-corrected chi connectivity index (χ0v) is 8.75. The fourth-order valence-corrected chi connectivity index (χ4v) is 1.03. The summed E-state index contributed by atoms with van der Waals surface area (Å²) < 4.78 is 0. The Balaban J connectivity index is 4.63. The van der Waals surface area contributed by atoms with Crippen LogP contribution in [-0.2, 0) is 0 Å². The lowest BCUT2D eigenvalue weighted by molar-refractivity contribution is 1.47. The van der Waals surface area contributed by atoms with Gasteiger partial charge in [-0.1, -0.05) is 49.1 Å². The number of allylic oxidation sites excluding steroid dienone is 9. The van der Waals surface area contributed by atoms with E-state index in [1.807, 2.05) is 45.1 Å².